The van der Waals surface area contributed by atoms with E-state index >= 15 is 0 Å². The molecule has 0 saturated heterocycles. The Morgan fingerprint density at radius 3 is 2.51 bits per heavy atom. The summed E-state index contributed by atoms with van der Waals surface area (Å²) in [6.45, 7) is 5.30. The molecule has 2 aromatic heterocycles. The Bertz CT molecular complexity index is 1610. The molecule has 0 aliphatic carbocycles. The molecule has 0 aliphatic heterocycles. The SMILES string of the molecule is CC(C)(C)OC(=O)n1ccc2c(NS(C)(=O)=O)cc(Nc3nccc(-c4ccc(CC#N)cc4)n3)cc21. The van der Waals surface area contributed by atoms with Crippen LogP contribution in [-0.2, 0) is 21.2 Å². The largest absolute Gasteiger partial charge is 0.443 e. The van der Waals surface area contributed by atoms with Gasteiger partial charge >= 0.3 is 6.09 Å². The number of hydrogen-bond donors (Lipinski definition) is 2. The first-order valence-corrected chi connectivity index (χ1v) is 13.2. The summed E-state index contributed by atoms with van der Waals surface area (Å²) in [5.74, 6) is 0.277. The molecule has 0 fully saturated rings. The van der Waals surface area contributed by atoms with Crippen LogP contribution in [-0.4, -0.2) is 40.9 Å². The van der Waals surface area contributed by atoms with Crippen molar-refractivity contribution < 1.29 is 17.9 Å². The van der Waals surface area contributed by atoms with E-state index < -0.39 is 21.7 Å². The molecule has 2 aromatic carbocycles. The zero-order valence-electron chi connectivity index (χ0n) is 20.8. The van der Waals surface area contributed by atoms with E-state index in [-0.39, 0.29) is 11.6 Å². The zero-order chi connectivity index (χ0) is 26.8. The number of carbonyl (C=O) groups is 1. The Hall–Kier alpha value is -4.43. The third kappa shape index (κ3) is 6.42. The molecule has 37 heavy (non-hydrogen) atoms. The molecule has 4 aromatic rings. The lowest BCUT2D eigenvalue weighted by atomic mass is 10.1. The van der Waals surface area contributed by atoms with Gasteiger partial charge in [-0.2, -0.15) is 5.26 Å². The Kier molecular flexibility index (Phi) is 6.87. The van der Waals surface area contributed by atoms with Crippen molar-refractivity contribution in [3.05, 3.63) is 66.5 Å². The van der Waals surface area contributed by atoms with Crippen LogP contribution in [0.25, 0.3) is 22.2 Å². The predicted molar refractivity (Wildman–Crippen MR) is 142 cm³/mol. The van der Waals surface area contributed by atoms with Crippen LogP contribution in [0.3, 0.4) is 0 Å². The first kappa shape index (κ1) is 25.7. The number of fused-ring (bicyclic) bond motifs is 1. The summed E-state index contributed by atoms with van der Waals surface area (Å²) in [6.07, 6.45) is 3.92. The smallest absolute Gasteiger partial charge is 0.418 e. The van der Waals surface area contributed by atoms with Crippen molar-refractivity contribution in [2.45, 2.75) is 32.8 Å². The molecule has 0 radical (unpaired) electrons. The zero-order valence-corrected chi connectivity index (χ0v) is 21.6. The molecule has 0 saturated carbocycles. The molecule has 0 amide bonds. The van der Waals surface area contributed by atoms with Crippen molar-refractivity contribution >= 4 is 44.3 Å². The Labute approximate surface area is 215 Å². The number of aromatic nitrogens is 3. The molecule has 10 nitrogen and oxygen atoms in total. The molecule has 0 aliphatic rings. The second-order valence-corrected chi connectivity index (χ2v) is 11.2. The maximum absolute atomic E-state index is 12.8. The molecule has 0 spiro atoms. The summed E-state index contributed by atoms with van der Waals surface area (Å²) in [5, 5.41) is 12.5. The molecular weight excluding hydrogens is 492 g/mol. The fraction of sp³-hybridized carbons (Fsp3) is 0.231. The number of hydrogen-bond acceptors (Lipinski definition) is 8. The summed E-state index contributed by atoms with van der Waals surface area (Å²) in [5.41, 5.74) is 2.89. The van der Waals surface area contributed by atoms with E-state index in [0.29, 0.717) is 28.7 Å². The number of sulfonamides is 1. The van der Waals surface area contributed by atoms with Crippen molar-refractivity contribution in [2.24, 2.45) is 0 Å². The van der Waals surface area contributed by atoms with Crippen LogP contribution >= 0.6 is 0 Å². The Morgan fingerprint density at radius 1 is 1.14 bits per heavy atom. The van der Waals surface area contributed by atoms with E-state index in [2.05, 4.69) is 26.1 Å². The lowest BCUT2D eigenvalue weighted by molar-refractivity contribution is 0.0544. The molecule has 0 atom stereocenters. The normalized spacial score (nSPS) is 11.6. The molecule has 2 N–H and O–H groups in total. The first-order chi connectivity index (χ1) is 17.4. The number of carbonyl (C=O) groups excluding carboxylic acids is 1. The summed E-state index contributed by atoms with van der Waals surface area (Å²) in [6, 6.07) is 16.3. The highest BCUT2D eigenvalue weighted by atomic mass is 32.2. The summed E-state index contributed by atoms with van der Waals surface area (Å²) in [4.78, 5) is 21.7. The van der Waals surface area contributed by atoms with Gasteiger partial charge in [-0.3, -0.25) is 9.29 Å². The van der Waals surface area contributed by atoms with Gasteiger partial charge in [-0.05, 0) is 50.6 Å². The molecule has 190 valence electrons. The van der Waals surface area contributed by atoms with E-state index in [1.165, 1.54) is 10.8 Å². The van der Waals surface area contributed by atoms with Gasteiger partial charge in [0.05, 0.1) is 35.6 Å². The lowest BCUT2D eigenvalue weighted by Gasteiger charge is -2.20. The molecule has 0 bridgehead atoms. The number of nitrogens with zero attached hydrogens (tertiary/aromatic N) is 4. The quantitative estimate of drug-likeness (QED) is 0.361. The van der Waals surface area contributed by atoms with E-state index in [1.807, 2.05) is 24.3 Å². The topological polar surface area (TPSA) is 139 Å². The van der Waals surface area contributed by atoms with Gasteiger partial charge in [0, 0.05) is 29.0 Å². The van der Waals surface area contributed by atoms with Crippen LogP contribution in [0.4, 0.5) is 22.1 Å². The van der Waals surface area contributed by atoms with Crippen molar-refractivity contribution in [3.63, 3.8) is 0 Å². The van der Waals surface area contributed by atoms with Gasteiger partial charge in [0.15, 0.2) is 0 Å². The number of ether oxygens (including phenoxy) is 1. The highest BCUT2D eigenvalue weighted by Crippen LogP contribution is 2.32. The fourth-order valence-electron chi connectivity index (χ4n) is 3.66. The third-order valence-corrected chi connectivity index (χ3v) is 5.73. The van der Waals surface area contributed by atoms with Gasteiger partial charge < -0.3 is 10.1 Å². The number of nitrogens with one attached hydrogen (secondary N) is 2. The number of anilines is 3. The summed E-state index contributed by atoms with van der Waals surface area (Å²) >= 11 is 0. The van der Waals surface area contributed by atoms with Crippen molar-refractivity contribution in [2.75, 3.05) is 16.3 Å². The minimum absolute atomic E-state index is 0.277. The van der Waals surface area contributed by atoms with Gasteiger partial charge in [0.2, 0.25) is 16.0 Å². The minimum Gasteiger partial charge on any atom is -0.443 e. The molecule has 11 heteroatoms. The lowest BCUT2D eigenvalue weighted by Crippen LogP contribution is -2.26. The maximum atomic E-state index is 12.8. The molecule has 4 rings (SSSR count). The van der Waals surface area contributed by atoms with E-state index in [4.69, 9.17) is 10.00 Å². The van der Waals surface area contributed by atoms with E-state index in [0.717, 1.165) is 17.4 Å². The van der Waals surface area contributed by atoms with Gasteiger partial charge in [0.1, 0.15) is 5.60 Å². The van der Waals surface area contributed by atoms with Gasteiger partial charge in [-0.15, -0.1) is 0 Å². The molecular formula is C26H26N6O4S. The first-order valence-electron chi connectivity index (χ1n) is 11.3. The van der Waals surface area contributed by atoms with Crippen LogP contribution in [0.1, 0.15) is 26.3 Å². The Morgan fingerprint density at radius 2 is 1.86 bits per heavy atom. The average molecular weight is 519 g/mol. The number of benzene rings is 2. The monoisotopic (exact) mass is 518 g/mol. The van der Waals surface area contributed by atoms with Crippen LogP contribution in [0.2, 0.25) is 0 Å². The van der Waals surface area contributed by atoms with Crippen molar-refractivity contribution in [1.29, 1.82) is 5.26 Å². The maximum Gasteiger partial charge on any atom is 0.418 e. The van der Waals surface area contributed by atoms with Gasteiger partial charge in [-0.1, -0.05) is 24.3 Å². The number of rotatable bonds is 6. The van der Waals surface area contributed by atoms with Crippen LogP contribution < -0.4 is 10.0 Å². The minimum atomic E-state index is -3.60. The highest BCUT2D eigenvalue weighted by Gasteiger charge is 2.21. The average Bonchev–Trinajstić information content (AvgIpc) is 3.22. The van der Waals surface area contributed by atoms with Crippen LogP contribution in [0.5, 0.6) is 0 Å². The van der Waals surface area contributed by atoms with Crippen LogP contribution in [0.15, 0.2) is 60.9 Å². The summed E-state index contributed by atoms with van der Waals surface area (Å²) < 4.78 is 33.4. The van der Waals surface area contributed by atoms with Crippen molar-refractivity contribution in [1.82, 2.24) is 14.5 Å². The molecule has 0 unspecified atom stereocenters. The van der Waals surface area contributed by atoms with E-state index in [9.17, 15) is 13.2 Å². The second-order valence-electron chi connectivity index (χ2n) is 9.42. The Balaban J connectivity index is 1.72. The van der Waals surface area contributed by atoms with Crippen LogP contribution in [0, 0.1) is 11.3 Å². The third-order valence-electron chi connectivity index (χ3n) is 5.14. The predicted octanol–water partition coefficient (Wildman–Crippen LogP) is 5.06. The molecule has 2 heterocycles. The highest BCUT2D eigenvalue weighted by molar-refractivity contribution is 7.92. The fourth-order valence-corrected chi connectivity index (χ4v) is 4.23. The van der Waals surface area contributed by atoms with Gasteiger partial charge in [-0.25, -0.2) is 23.2 Å². The van der Waals surface area contributed by atoms with Gasteiger partial charge in [0.25, 0.3) is 0 Å². The van der Waals surface area contributed by atoms with E-state index in [1.54, 1.807) is 51.2 Å². The summed E-state index contributed by atoms with van der Waals surface area (Å²) in [7, 11) is -3.60. The van der Waals surface area contributed by atoms with Crippen molar-refractivity contribution in [3.8, 4) is 17.3 Å². The standard InChI is InChI=1S/C26H26N6O4S/c1-26(2,3)36-25(33)32-14-11-20-22(31-37(4,34)35)15-19(16-23(20)32)29-24-28-13-10-21(30-24)18-7-5-17(6-8-18)9-12-27/h5-8,10-11,13-16,31H,9H2,1-4H3,(H,28,29,30). The number of nitriles is 1. The second kappa shape index (κ2) is 9.91.